The lowest BCUT2D eigenvalue weighted by molar-refractivity contribution is 0.549. The van der Waals surface area contributed by atoms with E-state index < -0.39 is 0 Å². The second kappa shape index (κ2) is 6.35. The van der Waals surface area contributed by atoms with Crippen molar-refractivity contribution in [3.05, 3.63) is 69.5 Å². The van der Waals surface area contributed by atoms with Crippen LogP contribution in [0.5, 0.6) is 0 Å². The van der Waals surface area contributed by atoms with Crippen molar-refractivity contribution >= 4 is 23.2 Å². The van der Waals surface area contributed by atoms with Crippen molar-refractivity contribution in [2.45, 2.75) is 12.5 Å². The van der Waals surface area contributed by atoms with E-state index in [9.17, 15) is 4.39 Å². The van der Waals surface area contributed by atoms with E-state index in [2.05, 4.69) is 5.43 Å². The van der Waals surface area contributed by atoms with Crippen LogP contribution in [-0.2, 0) is 6.42 Å². The lowest BCUT2D eigenvalue weighted by Crippen LogP contribution is -2.30. The van der Waals surface area contributed by atoms with Crippen LogP contribution in [0.2, 0.25) is 10.0 Å². The van der Waals surface area contributed by atoms with Crippen LogP contribution in [0.25, 0.3) is 0 Å². The molecular weight excluding hydrogens is 286 g/mol. The van der Waals surface area contributed by atoms with Crippen molar-refractivity contribution in [1.82, 2.24) is 5.43 Å². The Kier molecular flexibility index (Phi) is 4.77. The van der Waals surface area contributed by atoms with Gasteiger partial charge in [-0.05, 0) is 36.2 Å². The fraction of sp³-hybridized carbons (Fsp3) is 0.143. The van der Waals surface area contributed by atoms with Crippen molar-refractivity contribution in [2.24, 2.45) is 5.84 Å². The van der Waals surface area contributed by atoms with Crippen molar-refractivity contribution in [3.63, 3.8) is 0 Å². The highest BCUT2D eigenvalue weighted by molar-refractivity contribution is 6.36. The monoisotopic (exact) mass is 298 g/mol. The maximum Gasteiger partial charge on any atom is 0.123 e. The lowest BCUT2D eigenvalue weighted by Gasteiger charge is -2.19. The molecule has 0 aliphatic rings. The summed E-state index contributed by atoms with van der Waals surface area (Å²) in [5.74, 6) is 5.29. The maximum absolute atomic E-state index is 13.2. The molecule has 0 amide bonds. The smallest absolute Gasteiger partial charge is 0.123 e. The molecule has 5 heteroatoms. The topological polar surface area (TPSA) is 38.0 Å². The van der Waals surface area contributed by atoms with Gasteiger partial charge in [-0.25, -0.2) is 4.39 Å². The molecule has 0 bridgehead atoms. The van der Waals surface area contributed by atoms with Gasteiger partial charge in [-0.15, -0.1) is 0 Å². The summed E-state index contributed by atoms with van der Waals surface area (Å²) in [5, 5.41) is 1.07. The molecule has 0 radical (unpaired) electrons. The van der Waals surface area contributed by atoms with E-state index in [-0.39, 0.29) is 11.9 Å². The molecule has 0 saturated heterocycles. The van der Waals surface area contributed by atoms with Crippen LogP contribution < -0.4 is 11.3 Å². The Hall–Kier alpha value is -1.13. The summed E-state index contributed by atoms with van der Waals surface area (Å²) < 4.78 is 13.2. The normalized spacial score (nSPS) is 12.4. The number of hydrazine groups is 1. The first-order valence-corrected chi connectivity index (χ1v) is 6.52. The largest absolute Gasteiger partial charge is 0.271 e. The molecule has 1 unspecified atom stereocenters. The highest BCUT2D eigenvalue weighted by atomic mass is 35.5. The van der Waals surface area contributed by atoms with E-state index in [1.807, 2.05) is 6.07 Å². The van der Waals surface area contributed by atoms with Crippen LogP contribution in [0.3, 0.4) is 0 Å². The van der Waals surface area contributed by atoms with Crippen molar-refractivity contribution in [1.29, 1.82) is 0 Å². The van der Waals surface area contributed by atoms with Gasteiger partial charge in [0.15, 0.2) is 0 Å². The van der Waals surface area contributed by atoms with Gasteiger partial charge in [-0.3, -0.25) is 11.3 Å². The molecule has 0 aliphatic heterocycles. The molecule has 2 nitrogen and oxygen atoms in total. The Morgan fingerprint density at radius 2 is 1.74 bits per heavy atom. The van der Waals surface area contributed by atoms with E-state index in [1.54, 1.807) is 24.3 Å². The van der Waals surface area contributed by atoms with E-state index in [4.69, 9.17) is 29.0 Å². The minimum atomic E-state index is -0.279. The highest BCUT2D eigenvalue weighted by Gasteiger charge is 2.17. The van der Waals surface area contributed by atoms with Gasteiger partial charge in [0, 0.05) is 15.6 Å². The highest BCUT2D eigenvalue weighted by Crippen LogP contribution is 2.31. The Morgan fingerprint density at radius 3 is 2.32 bits per heavy atom. The minimum absolute atomic E-state index is 0.275. The zero-order chi connectivity index (χ0) is 13.8. The van der Waals surface area contributed by atoms with Crippen LogP contribution in [-0.4, -0.2) is 0 Å². The quantitative estimate of drug-likeness (QED) is 0.664. The number of hydrogen-bond donors (Lipinski definition) is 2. The Morgan fingerprint density at radius 1 is 1.11 bits per heavy atom. The molecule has 0 spiro atoms. The molecule has 2 rings (SSSR count). The van der Waals surface area contributed by atoms with Gasteiger partial charge < -0.3 is 0 Å². The van der Waals surface area contributed by atoms with Crippen molar-refractivity contribution in [3.8, 4) is 0 Å². The molecular formula is C14H13Cl2FN2. The number of halogens is 3. The first-order chi connectivity index (χ1) is 9.11. The molecule has 2 aromatic carbocycles. The number of nitrogens with two attached hydrogens (primary N) is 1. The SMILES string of the molecule is NNC(Cc1cccc(F)c1)c1c(Cl)cccc1Cl. The van der Waals surface area contributed by atoms with Crippen LogP contribution in [0.4, 0.5) is 4.39 Å². The third-order valence-electron chi connectivity index (χ3n) is 2.88. The molecule has 3 N–H and O–H groups in total. The number of rotatable bonds is 4. The molecule has 0 aromatic heterocycles. The number of nitrogens with one attached hydrogen (secondary N) is 1. The molecule has 2 aromatic rings. The van der Waals surface area contributed by atoms with E-state index in [0.717, 1.165) is 11.1 Å². The predicted molar refractivity (Wildman–Crippen MR) is 76.6 cm³/mol. The maximum atomic E-state index is 13.2. The molecule has 0 fully saturated rings. The zero-order valence-electron chi connectivity index (χ0n) is 10.0. The fourth-order valence-electron chi connectivity index (χ4n) is 1.99. The summed E-state index contributed by atoms with van der Waals surface area (Å²) in [5.41, 5.74) is 4.22. The zero-order valence-corrected chi connectivity index (χ0v) is 11.5. The molecule has 0 aliphatic carbocycles. The first kappa shape index (κ1) is 14.3. The van der Waals surface area contributed by atoms with Crippen LogP contribution in [0, 0.1) is 5.82 Å². The average molecular weight is 299 g/mol. The summed E-state index contributed by atoms with van der Waals surface area (Å²) in [7, 11) is 0. The van der Waals surface area contributed by atoms with Gasteiger partial charge in [0.2, 0.25) is 0 Å². The van der Waals surface area contributed by atoms with Crippen molar-refractivity contribution < 1.29 is 4.39 Å². The van der Waals surface area contributed by atoms with E-state index in [0.29, 0.717) is 16.5 Å². The first-order valence-electron chi connectivity index (χ1n) is 5.76. The van der Waals surface area contributed by atoms with Crippen molar-refractivity contribution in [2.75, 3.05) is 0 Å². The number of benzene rings is 2. The number of hydrogen-bond acceptors (Lipinski definition) is 2. The molecule has 0 heterocycles. The van der Waals surface area contributed by atoms with Gasteiger partial charge in [0.05, 0.1) is 6.04 Å². The Labute approximate surface area is 121 Å². The standard InChI is InChI=1S/C14H13Cl2FN2/c15-11-5-2-6-12(16)14(11)13(19-18)8-9-3-1-4-10(17)7-9/h1-7,13,19H,8,18H2. The Balaban J connectivity index is 2.30. The summed E-state index contributed by atoms with van der Waals surface area (Å²) in [6.45, 7) is 0. The summed E-state index contributed by atoms with van der Waals surface area (Å²) >= 11 is 12.3. The van der Waals surface area contributed by atoms with Gasteiger partial charge in [-0.1, -0.05) is 41.4 Å². The third kappa shape index (κ3) is 3.45. The lowest BCUT2D eigenvalue weighted by atomic mass is 9.99. The molecule has 100 valence electrons. The van der Waals surface area contributed by atoms with Gasteiger partial charge in [0.1, 0.15) is 5.82 Å². The van der Waals surface area contributed by atoms with Crippen LogP contribution in [0.15, 0.2) is 42.5 Å². The summed E-state index contributed by atoms with van der Waals surface area (Å²) in [4.78, 5) is 0. The third-order valence-corrected chi connectivity index (χ3v) is 3.54. The molecule has 0 saturated carbocycles. The van der Waals surface area contributed by atoms with Gasteiger partial charge >= 0.3 is 0 Å². The van der Waals surface area contributed by atoms with E-state index >= 15 is 0 Å². The van der Waals surface area contributed by atoms with Crippen LogP contribution >= 0.6 is 23.2 Å². The summed E-state index contributed by atoms with van der Waals surface area (Å²) in [6.07, 6.45) is 0.498. The molecule has 19 heavy (non-hydrogen) atoms. The van der Waals surface area contributed by atoms with Gasteiger partial charge in [-0.2, -0.15) is 0 Å². The minimum Gasteiger partial charge on any atom is -0.271 e. The average Bonchev–Trinajstić information content (AvgIpc) is 2.37. The Bertz CT molecular complexity index is 555. The van der Waals surface area contributed by atoms with E-state index in [1.165, 1.54) is 12.1 Å². The van der Waals surface area contributed by atoms with Crippen LogP contribution in [0.1, 0.15) is 17.2 Å². The second-order valence-electron chi connectivity index (χ2n) is 4.19. The van der Waals surface area contributed by atoms with Gasteiger partial charge in [0.25, 0.3) is 0 Å². The predicted octanol–water partition coefficient (Wildman–Crippen LogP) is 3.88. The fourth-order valence-corrected chi connectivity index (χ4v) is 2.65. The second-order valence-corrected chi connectivity index (χ2v) is 5.00. The summed E-state index contributed by atoms with van der Waals surface area (Å²) in [6, 6.07) is 11.3. The molecule has 1 atom stereocenters.